The highest BCUT2D eigenvalue weighted by molar-refractivity contribution is 5.96. The van der Waals surface area contributed by atoms with Gasteiger partial charge in [-0.1, -0.05) is 30.3 Å². The highest BCUT2D eigenvalue weighted by atomic mass is 16.3. The molecule has 2 aromatic carbocycles. The van der Waals surface area contributed by atoms with Crippen molar-refractivity contribution < 1.29 is 14.7 Å². The van der Waals surface area contributed by atoms with Gasteiger partial charge in [-0.2, -0.15) is 0 Å². The number of amides is 2. The minimum atomic E-state index is -0.883. The Hall–Kier alpha value is -2.66. The average Bonchev–Trinajstić information content (AvgIpc) is 2.52. The third kappa shape index (κ3) is 4.93. The Labute approximate surface area is 141 Å². The Morgan fingerprint density at radius 2 is 1.75 bits per heavy atom. The molecule has 2 aromatic rings. The fourth-order valence-corrected chi connectivity index (χ4v) is 2.26. The molecule has 5 nitrogen and oxygen atoms in total. The third-order valence-corrected chi connectivity index (χ3v) is 3.56. The van der Waals surface area contributed by atoms with Gasteiger partial charge in [0.25, 0.3) is 5.91 Å². The van der Waals surface area contributed by atoms with E-state index in [4.69, 9.17) is 0 Å². The second-order valence-electron chi connectivity index (χ2n) is 6.20. The Morgan fingerprint density at radius 1 is 1.08 bits per heavy atom. The SMILES string of the molecule is CC(=O)Nc1cccc(C(=O)NCc2ccc(C(C)(C)O)cc2)c1. The molecule has 3 N–H and O–H groups in total. The van der Waals surface area contributed by atoms with E-state index in [0.717, 1.165) is 11.1 Å². The van der Waals surface area contributed by atoms with E-state index in [9.17, 15) is 14.7 Å². The lowest BCUT2D eigenvalue weighted by atomic mass is 9.97. The molecule has 0 heterocycles. The first-order valence-electron chi connectivity index (χ1n) is 7.73. The Balaban J connectivity index is 1.99. The number of aliphatic hydroxyl groups is 1. The van der Waals surface area contributed by atoms with Crippen LogP contribution in [0.3, 0.4) is 0 Å². The van der Waals surface area contributed by atoms with Crippen LogP contribution in [0.15, 0.2) is 48.5 Å². The van der Waals surface area contributed by atoms with Crippen molar-refractivity contribution >= 4 is 17.5 Å². The number of anilines is 1. The summed E-state index contributed by atoms with van der Waals surface area (Å²) in [4.78, 5) is 23.3. The van der Waals surface area contributed by atoms with Gasteiger partial charge in [0.05, 0.1) is 5.60 Å². The summed E-state index contributed by atoms with van der Waals surface area (Å²) in [6.45, 7) is 5.26. The molecule has 5 heteroatoms. The number of nitrogens with one attached hydrogen (secondary N) is 2. The lowest BCUT2D eigenvalue weighted by Crippen LogP contribution is -2.23. The highest BCUT2D eigenvalue weighted by Crippen LogP contribution is 2.19. The van der Waals surface area contributed by atoms with Crippen molar-refractivity contribution in [2.75, 3.05) is 5.32 Å². The van der Waals surface area contributed by atoms with Crippen LogP contribution in [-0.2, 0) is 16.9 Å². The molecule has 0 aliphatic rings. The quantitative estimate of drug-likeness (QED) is 0.790. The van der Waals surface area contributed by atoms with Gasteiger partial charge in [0, 0.05) is 24.7 Å². The van der Waals surface area contributed by atoms with Crippen LogP contribution < -0.4 is 10.6 Å². The molecule has 0 aromatic heterocycles. The molecule has 126 valence electrons. The summed E-state index contributed by atoms with van der Waals surface area (Å²) < 4.78 is 0. The highest BCUT2D eigenvalue weighted by Gasteiger charge is 2.15. The summed E-state index contributed by atoms with van der Waals surface area (Å²) in [7, 11) is 0. The molecule has 0 bridgehead atoms. The van der Waals surface area contributed by atoms with E-state index in [-0.39, 0.29) is 11.8 Å². The first-order valence-corrected chi connectivity index (χ1v) is 7.73. The molecule has 24 heavy (non-hydrogen) atoms. The van der Waals surface area contributed by atoms with E-state index < -0.39 is 5.60 Å². The average molecular weight is 326 g/mol. The number of hydrogen-bond acceptors (Lipinski definition) is 3. The Bertz CT molecular complexity index is 731. The van der Waals surface area contributed by atoms with Crippen molar-refractivity contribution in [3.63, 3.8) is 0 Å². The van der Waals surface area contributed by atoms with E-state index in [2.05, 4.69) is 10.6 Å². The second kappa shape index (κ2) is 7.27. The van der Waals surface area contributed by atoms with Gasteiger partial charge < -0.3 is 15.7 Å². The van der Waals surface area contributed by atoms with Crippen LogP contribution in [0, 0.1) is 0 Å². The molecule has 0 aliphatic heterocycles. The molecule has 0 unspecified atom stereocenters. The topological polar surface area (TPSA) is 78.4 Å². The molecule has 0 saturated carbocycles. The lowest BCUT2D eigenvalue weighted by molar-refractivity contribution is -0.114. The van der Waals surface area contributed by atoms with Crippen LogP contribution in [0.4, 0.5) is 5.69 Å². The van der Waals surface area contributed by atoms with Gasteiger partial charge in [-0.3, -0.25) is 9.59 Å². The van der Waals surface area contributed by atoms with Crippen molar-refractivity contribution in [1.29, 1.82) is 0 Å². The molecule has 0 spiro atoms. The number of rotatable bonds is 5. The summed E-state index contributed by atoms with van der Waals surface area (Å²) in [5.74, 6) is -0.395. The van der Waals surface area contributed by atoms with Crippen LogP contribution in [0.2, 0.25) is 0 Å². The van der Waals surface area contributed by atoms with Crippen LogP contribution in [0.25, 0.3) is 0 Å². The van der Waals surface area contributed by atoms with Gasteiger partial charge >= 0.3 is 0 Å². The summed E-state index contributed by atoms with van der Waals surface area (Å²) in [6.07, 6.45) is 0. The van der Waals surface area contributed by atoms with Gasteiger partial charge in [0.1, 0.15) is 0 Å². The van der Waals surface area contributed by atoms with Crippen LogP contribution in [-0.4, -0.2) is 16.9 Å². The summed E-state index contributed by atoms with van der Waals surface area (Å²) in [6, 6.07) is 14.2. The minimum Gasteiger partial charge on any atom is -0.386 e. The number of hydrogen-bond donors (Lipinski definition) is 3. The molecule has 0 radical (unpaired) electrons. The van der Waals surface area contributed by atoms with Crippen molar-refractivity contribution in [3.8, 4) is 0 Å². The fraction of sp³-hybridized carbons (Fsp3) is 0.263. The molecule has 0 fully saturated rings. The summed E-state index contributed by atoms with van der Waals surface area (Å²) in [5.41, 5.74) is 1.94. The molecule has 2 amide bonds. The maximum absolute atomic E-state index is 12.2. The minimum absolute atomic E-state index is 0.181. The van der Waals surface area contributed by atoms with Crippen LogP contribution in [0.5, 0.6) is 0 Å². The van der Waals surface area contributed by atoms with E-state index in [1.165, 1.54) is 6.92 Å². The Morgan fingerprint density at radius 3 is 2.33 bits per heavy atom. The van der Waals surface area contributed by atoms with Gasteiger partial charge in [-0.15, -0.1) is 0 Å². The number of carbonyl (C=O) groups excluding carboxylic acids is 2. The first kappa shape index (κ1) is 17.7. The largest absolute Gasteiger partial charge is 0.386 e. The van der Waals surface area contributed by atoms with Crippen molar-refractivity contribution in [3.05, 3.63) is 65.2 Å². The summed E-state index contributed by atoms with van der Waals surface area (Å²) >= 11 is 0. The third-order valence-electron chi connectivity index (χ3n) is 3.56. The second-order valence-corrected chi connectivity index (χ2v) is 6.20. The zero-order valence-electron chi connectivity index (χ0n) is 14.1. The number of benzene rings is 2. The first-order chi connectivity index (χ1) is 11.3. The molecular formula is C19H22N2O3. The normalized spacial score (nSPS) is 11.0. The van der Waals surface area contributed by atoms with Gasteiger partial charge in [0.15, 0.2) is 0 Å². The smallest absolute Gasteiger partial charge is 0.251 e. The van der Waals surface area contributed by atoms with Crippen molar-refractivity contribution in [1.82, 2.24) is 5.32 Å². The van der Waals surface area contributed by atoms with Crippen molar-refractivity contribution in [2.24, 2.45) is 0 Å². The molecular weight excluding hydrogens is 304 g/mol. The van der Waals surface area contributed by atoms with Crippen LogP contribution >= 0.6 is 0 Å². The Kier molecular flexibility index (Phi) is 5.36. The van der Waals surface area contributed by atoms with E-state index in [1.54, 1.807) is 38.1 Å². The lowest BCUT2D eigenvalue weighted by Gasteiger charge is -2.18. The molecule has 0 saturated heterocycles. The van der Waals surface area contributed by atoms with Crippen molar-refractivity contribution in [2.45, 2.75) is 32.9 Å². The van der Waals surface area contributed by atoms with Gasteiger partial charge in [-0.25, -0.2) is 0 Å². The fourth-order valence-electron chi connectivity index (χ4n) is 2.26. The van der Waals surface area contributed by atoms with Gasteiger partial charge in [0.2, 0.25) is 5.91 Å². The molecule has 2 rings (SSSR count). The molecule has 0 aliphatic carbocycles. The van der Waals surface area contributed by atoms with E-state index >= 15 is 0 Å². The zero-order valence-corrected chi connectivity index (χ0v) is 14.1. The standard InChI is InChI=1S/C19H22N2O3/c1-13(22)21-17-6-4-5-15(11-17)18(23)20-12-14-7-9-16(10-8-14)19(2,3)24/h4-11,24H,12H2,1-3H3,(H,20,23)(H,21,22). The monoisotopic (exact) mass is 326 g/mol. The molecule has 0 atom stereocenters. The predicted octanol–water partition coefficient (Wildman–Crippen LogP) is 2.80. The number of carbonyl (C=O) groups is 2. The van der Waals surface area contributed by atoms with E-state index in [0.29, 0.717) is 17.8 Å². The maximum atomic E-state index is 12.2. The van der Waals surface area contributed by atoms with E-state index in [1.807, 2.05) is 24.3 Å². The predicted molar refractivity (Wildman–Crippen MR) is 93.6 cm³/mol. The van der Waals surface area contributed by atoms with Crippen LogP contribution in [0.1, 0.15) is 42.3 Å². The van der Waals surface area contributed by atoms with Gasteiger partial charge in [-0.05, 0) is 43.2 Å². The maximum Gasteiger partial charge on any atom is 0.251 e. The summed E-state index contributed by atoms with van der Waals surface area (Å²) in [5, 5.41) is 15.4. The zero-order chi connectivity index (χ0) is 17.7.